The first-order valence-electron chi connectivity index (χ1n) is 12.1. The lowest BCUT2D eigenvalue weighted by molar-refractivity contribution is 0.0988. The van der Waals surface area contributed by atoms with E-state index in [1.807, 2.05) is 38.1 Å². The zero-order valence-electron chi connectivity index (χ0n) is 19.8. The van der Waals surface area contributed by atoms with Gasteiger partial charge in [-0.15, -0.1) is 0 Å². The fraction of sp³-hybridized carbons (Fsp3) is 0.321. The molecule has 0 unspecified atom stereocenters. The van der Waals surface area contributed by atoms with Crippen LogP contribution in [0.4, 0.5) is 5.69 Å². The fourth-order valence-corrected chi connectivity index (χ4v) is 4.37. The van der Waals surface area contributed by atoms with Crippen LogP contribution in [0, 0.1) is 5.92 Å². The number of anilines is 1. The molecule has 0 bridgehead atoms. The Hall–Kier alpha value is -3.67. The highest BCUT2D eigenvalue weighted by Gasteiger charge is 2.25. The molecule has 0 atom stereocenters. The normalized spacial score (nSPS) is 13.2. The third kappa shape index (κ3) is 4.67. The van der Waals surface area contributed by atoms with E-state index in [-0.39, 0.29) is 5.91 Å². The molecule has 1 amide bonds. The summed E-state index contributed by atoms with van der Waals surface area (Å²) in [7, 11) is 0. The lowest BCUT2D eigenvalue weighted by atomic mass is 10.1. The minimum atomic E-state index is -0.0537. The van der Waals surface area contributed by atoms with Crippen LogP contribution in [0.2, 0.25) is 0 Å². The molecule has 1 aliphatic carbocycles. The number of fused-ring (bicyclic) bond motifs is 1. The predicted molar refractivity (Wildman–Crippen MR) is 134 cm³/mol. The van der Waals surface area contributed by atoms with Gasteiger partial charge < -0.3 is 14.2 Å². The zero-order chi connectivity index (χ0) is 23.5. The Morgan fingerprint density at radius 1 is 1.12 bits per heavy atom. The van der Waals surface area contributed by atoms with Gasteiger partial charge in [0.15, 0.2) is 0 Å². The van der Waals surface area contributed by atoms with Crippen molar-refractivity contribution >= 4 is 22.6 Å². The molecule has 1 fully saturated rings. The van der Waals surface area contributed by atoms with Crippen LogP contribution in [0.3, 0.4) is 0 Å². The molecule has 0 spiro atoms. The highest BCUT2D eigenvalue weighted by Crippen LogP contribution is 2.34. The molecule has 174 valence electrons. The number of hydrogen-bond acceptors (Lipinski definition) is 4. The van der Waals surface area contributed by atoms with Gasteiger partial charge in [0.05, 0.1) is 23.2 Å². The number of amides is 1. The average molecular weight is 455 g/mol. The van der Waals surface area contributed by atoms with Crippen LogP contribution in [0.5, 0.6) is 5.75 Å². The van der Waals surface area contributed by atoms with Gasteiger partial charge in [0, 0.05) is 37.6 Å². The number of hydrogen-bond donors (Lipinski definition) is 0. The van der Waals surface area contributed by atoms with Crippen molar-refractivity contribution in [3.8, 4) is 5.75 Å². The van der Waals surface area contributed by atoms with E-state index in [1.54, 1.807) is 29.4 Å². The number of aromatic nitrogens is 3. The Labute approximate surface area is 200 Å². The molecule has 2 aromatic carbocycles. The number of nitrogens with zero attached hydrogens (tertiary/aromatic N) is 4. The SMILES string of the molecule is CCOc1ccc(Cc2nc3cc(N(CC)C(=O)c4cccnc4)ccc3n2CC2CC2)cc1. The summed E-state index contributed by atoms with van der Waals surface area (Å²) in [6.45, 7) is 6.21. The van der Waals surface area contributed by atoms with Crippen LogP contribution < -0.4 is 9.64 Å². The topological polar surface area (TPSA) is 60.2 Å². The minimum Gasteiger partial charge on any atom is -0.494 e. The van der Waals surface area contributed by atoms with Gasteiger partial charge in [-0.05, 0) is 80.6 Å². The van der Waals surface area contributed by atoms with Gasteiger partial charge in [0.2, 0.25) is 0 Å². The van der Waals surface area contributed by atoms with Crippen molar-refractivity contribution in [2.75, 3.05) is 18.1 Å². The second kappa shape index (κ2) is 9.67. The van der Waals surface area contributed by atoms with Crippen LogP contribution >= 0.6 is 0 Å². The number of ether oxygens (including phenoxy) is 1. The first kappa shape index (κ1) is 22.1. The van der Waals surface area contributed by atoms with Crippen molar-refractivity contribution < 1.29 is 9.53 Å². The summed E-state index contributed by atoms with van der Waals surface area (Å²) in [5.74, 6) is 2.63. The standard InChI is InChI=1S/C28H30N4O2/c1-3-31(28(33)22-6-5-15-29-18-22)23-11-14-26-25(17-23)30-27(32(26)19-21-7-8-21)16-20-9-12-24(13-10-20)34-4-2/h5-6,9-15,17-18,21H,3-4,7-8,16,19H2,1-2H3. The van der Waals surface area contributed by atoms with Gasteiger partial charge in [-0.3, -0.25) is 9.78 Å². The van der Waals surface area contributed by atoms with Crippen molar-refractivity contribution in [1.29, 1.82) is 0 Å². The van der Waals surface area contributed by atoms with E-state index < -0.39 is 0 Å². The van der Waals surface area contributed by atoms with E-state index >= 15 is 0 Å². The molecule has 2 heterocycles. The molecule has 0 N–H and O–H groups in total. The summed E-state index contributed by atoms with van der Waals surface area (Å²) in [5.41, 5.74) is 4.70. The van der Waals surface area contributed by atoms with E-state index in [9.17, 15) is 4.79 Å². The Bertz CT molecular complexity index is 1280. The summed E-state index contributed by atoms with van der Waals surface area (Å²) < 4.78 is 7.95. The van der Waals surface area contributed by atoms with Crippen molar-refractivity contribution in [1.82, 2.24) is 14.5 Å². The summed E-state index contributed by atoms with van der Waals surface area (Å²) in [5, 5.41) is 0. The van der Waals surface area contributed by atoms with Gasteiger partial charge in [-0.1, -0.05) is 12.1 Å². The first-order valence-corrected chi connectivity index (χ1v) is 12.1. The summed E-state index contributed by atoms with van der Waals surface area (Å²) >= 11 is 0. The van der Waals surface area contributed by atoms with E-state index in [4.69, 9.17) is 9.72 Å². The Balaban J connectivity index is 1.47. The molecular weight excluding hydrogens is 424 g/mol. The molecular formula is C28H30N4O2. The van der Waals surface area contributed by atoms with Crippen molar-refractivity contribution in [3.05, 3.63) is 83.9 Å². The van der Waals surface area contributed by atoms with Gasteiger partial charge in [-0.2, -0.15) is 0 Å². The molecule has 0 radical (unpaired) electrons. The van der Waals surface area contributed by atoms with Gasteiger partial charge >= 0.3 is 0 Å². The smallest absolute Gasteiger partial charge is 0.259 e. The largest absolute Gasteiger partial charge is 0.494 e. The Morgan fingerprint density at radius 3 is 2.62 bits per heavy atom. The second-order valence-corrected chi connectivity index (χ2v) is 8.80. The Morgan fingerprint density at radius 2 is 1.94 bits per heavy atom. The third-order valence-electron chi connectivity index (χ3n) is 6.33. The highest BCUT2D eigenvalue weighted by atomic mass is 16.5. The van der Waals surface area contributed by atoms with Gasteiger partial charge in [0.25, 0.3) is 5.91 Å². The lowest BCUT2D eigenvalue weighted by Gasteiger charge is -2.21. The van der Waals surface area contributed by atoms with Crippen LogP contribution in [0.15, 0.2) is 67.0 Å². The van der Waals surface area contributed by atoms with E-state index in [2.05, 4.69) is 27.8 Å². The number of imidazole rings is 1. The number of carbonyl (C=O) groups is 1. The van der Waals surface area contributed by atoms with Crippen LogP contribution in [0.25, 0.3) is 11.0 Å². The average Bonchev–Trinajstić information content (AvgIpc) is 3.63. The molecule has 6 nitrogen and oxygen atoms in total. The van der Waals surface area contributed by atoms with Crippen molar-refractivity contribution in [2.24, 2.45) is 5.92 Å². The summed E-state index contributed by atoms with van der Waals surface area (Å²) in [4.78, 5) is 24.0. The molecule has 0 aliphatic heterocycles. The molecule has 2 aromatic heterocycles. The zero-order valence-corrected chi connectivity index (χ0v) is 19.8. The van der Waals surface area contributed by atoms with Crippen LogP contribution in [-0.2, 0) is 13.0 Å². The molecule has 0 saturated heterocycles. The lowest BCUT2D eigenvalue weighted by Crippen LogP contribution is -2.30. The summed E-state index contributed by atoms with van der Waals surface area (Å²) in [6.07, 6.45) is 6.61. The fourth-order valence-electron chi connectivity index (χ4n) is 4.37. The quantitative estimate of drug-likeness (QED) is 0.335. The van der Waals surface area contributed by atoms with Crippen LogP contribution in [0.1, 0.15) is 48.4 Å². The minimum absolute atomic E-state index is 0.0537. The number of carbonyl (C=O) groups excluding carboxylic acids is 1. The molecule has 1 aliphatic rings. The predicted octanol–water partition coefficient (Wildman–Crippen LogP) is 5.50. The maximum atomic E-state index is 13.1. The second-order valence-electron chi connectivity index (χ2n) is 8.80. The first-order chi connectivity index (χ1) is 16.7. The van der Waals surface area contributed by atoms with Crippen LogP contribution in [-0.4, -0.2) is 33.6 Å². The van der Waals surface area contributed by atoms with E-state index in [0.717, 1.165) is 47.2 Å². The molecule has 6 heteroatoms. The number of benzene rings is 2. The van der Waals surface area contributed by atoms with E-state index in [0.29, 0.717) is 18.7 Å². The van der Waals surface area contributed by atoms with E-state index in [1.165, 1.54) is 18.4 Å². The molecule has 4 aromatic rings. The monoisotopic (exact) mass is 454 g/mol. The highest BCUT2D eigenvalue weighted by molar-refractivity contribution is 6.06. The molecule has 34 heavy (non-hydrogen) atoms. The maximum absolute atomic E-state index is 13.1. The molecule has 1 saturated carbocycles. The summed E-state index contributed by atoms with van der Waals surface area (Å²) in [6, 6.07) is 18.0. The van der Waals surface area contributed by atoms with Crippen molar-refractivity contribution in [2.45, 2.75) is 39.7 Å². The van der Waals surface area contributed by atoms with Gasteiger partial charge in [-0.25, -0.2) is 4.98 Å². The third-order valence-corrected chi connectivity index (χ3v) is 6.33. The van der Waals surface area contributed by atoms with Crippen molar-refractivity contribution in [3.63, 3.8) is 0 Å². The molecule has 5 rings (SSSR count). The maximum Gasteiger partial charge on any atom is 0.259 e. The van der Waals surface area contributed by atoms with Gasteiger partial charge in [0.1, 0.15) is 11.6 Å². The number of pyridine rings is 1. The Kier molecular flexibility index (Phi) is 6.30. The number of rotatable bonds is 9.